The van der Waals surface area contributed by atoms with Crippen LogP contribution in [0.15, 0.2) is 29.2 Å². The van der Waals surface area contributed by atoms with E-state index in [9.17, 15) is 4.79 Å². The lowest BCUT2D eigenvalue weighted by Crippen LogP contribution is -2.41. The Labute approximate surface area is 161 Å². The molecular weight excluding hydrogens is 360 g/mol. The summed E-state index contributed by atoms with van der Waals surface area (Å²) >= 11 is 1.57. The Morgan fingerprint density at radius 3 is 2.56 bits per heavy atom. The molecule has 1 aliphatic heterocycles. The van der Waals surface area contributed by atoms with E-state index >= 15 is 0 Å². The highest BCUT2D eigenvalue weighted by Crippen LogP contribution is 2.23. The van der Waals surface area contributed by atoms with Crippen LogP contribution in [0.4, 0.5) is 0 Å². The number of ether oxygens (including phenoxy) is 2. The van der Waals surface area contributed by atoms with Gasteiger partial charge in [0.15, 0.2) is 0 Å². The lowest BCUT2D eigenvalue weighted by molar-refractivity contribution is -0.130. The van der Waals surface area contributed by atoms with Crippen LogP contribution < -0.4 is 10.5 Å². The molecule has 0 radical (unpaired) electrons. The number of hydrogen-bond acceptors (Lipinski definition) is 5. The maximum absolute atomic E-state index is 12.3. The van der Waals surface area contributed by atoms with Crippen LogP contribution in [-0.2, 0) is 9.53 Å². The lowest BCUT2D eigenvalue weighted by Gasteiger charge is -2.32. The number of thioether (sulfide) groups is 1. The molecule has 0 saturated carbocycles. The molecule has 1 amide bonds. The summed E-state index contributed by atoms with van der Waals surface area (Å²) in [6, 6.07) is 7.89. The molecule has 0 aromatic heterocycles. The maximum Gasteiger partial charge on any atom is 0.232 e. The van der Waals surface area contributed by atoms with Gasteiger partial charge in [-0.05, 0) is 57.0 Å². The first-order valence-corrected chi connectivity index (χ1v) is 9.66. The van der Waals surface area contributed by atoms with Gasteiger partial charge in [0.2, 0.25) is 5.91 Å². The van der Waals surface area contributed by atoms with Gasteiger partial charge < -0.3 is 20.1 Å². The van der Waals surface area contributed by atoms with Crippen molar-refractivity contribution in [2.75, 3.05) is 38.6 Å². The summed E-state index contributed by atoms with van der Waals surface area (Å²) in [5.74, 6) is 1.55. The second kappa shape index (κ2) is 12.4. The van der Waals surface area contributed by atoms with Gasteiger partial charge in [-0.15, -0.1) is 24.2 Å². The van der Waals surface area contributed by atoms with E-state index in [2.05, 4.69) is 0 Å². The van der Waals surface area contributed by atoms with Gasteiger partial charge >= 0.3 is 0 Å². The molecule has 1 aliphatic rings. The van der Waals surface area contributed by atoms with Crippen molar-refractivity contribution in [3.63, 3.8) is 0 Å². The van der Waals surface area contributed by atoms with Gasteiger partial charge in [0.05, 0.1) is 18.5 Å². The van der Waals surface area contributed by atoms with Gasteiger partial charge in [-0.3, -0.25) is 4.79 Å². The van der Waals surface area contributed by atoms with Crippen molar-refractivity contribution < 1.29 is 14.3 Å². The third-order valence-electron chi connectivity index (χ3n) is 3.99. The predicted molar refractivity (Wildman–Crippen MR) is 105 cm³/mol. The van der Waals surface area contributed by atoms with Crippen LogP contribution in [0.1, 0.15) is 26.2 Å². The van der Waals surface area contributed by atoms with Crippen molar-refractivity contribution in [2.24, 2.45) is 5.73 Å². The van der Waals surface area contributed by atoms with Crippen molar-refractivity contribution in [3.05, 3.63) is 24.3 Å². The summed E-state index contributed by atoms with van der Waals surface area (Å²) in [6.07, 6.45) is 3.02. The van der Waals surface area contributed by atoms with Crippen molar-refractivity contribution in [2.45, 2.75) is 37.2 Å². The minimum absolute atomic E-state index is 0. The first-order chi connectivity index (χ1) is 11.7. The minimum Gasteiger partial charge on any atom is -0.494 e. The number of halogens is 1. The van der Waals surface area contributed by atoms with E-state index in [4.69, 9.17) is 15.2 Å². The van der Waals surface area contributed by atoms with E-state index < -0.39 is 0 Å². The summed E-state index contributed by atoms with van der Waals surface area (Å²) in [4.78, 5) is 15.4. The van der Waals surface area contributed by atoms with Crippen molar-refractivity contribution in [1.29, 1.82) is 0 Å². The number of nitrogens with two attached hydrogens (primary N) is 1. The zero-order valence-electron chi connectivity index (χ0n) is 14.8. The normalized spacial score (nSPS) is 14.9. The molecule has 1 fully saturated rings. The predicted octanol–water partition coefficient (Wildman–Crippen LogP) is 2.96. The molecule has 1 heterocycles. The number of nitrogens with zero attached hydrogens (tertiary/aromatic N) is 1. The van der Waals surface area contributed by atoms with Gasteiger partial charge in [-0.2, -0.15) is 0 Å². The highest BCUT2D eigenvalue weighted by molar-refractivity contribution is 8.00. The van der Waals surface area contributed by atoms with E-state index in [0.29, 0.717) is 18.9 Å². The first-order valence-electron chi connectivity index (χ1n) is 8.68. The number of piperidine rings is 1. The molecule has 142 valence electrons. The molecular formula is C18H29ClN2O3S. The van der Waals surface area contributed by atoms with E-state index in [1.165, 1.54) is 0 Å². The second-order valence-electron chi connectivity index (χ2n) is 5.79. The van der Waals surface area contributed by atoms with Crippen LogP contribution in [0.3, 0.4) is 0 Å². The van der Waals surface area contributed by atoms with E-state index in [-0.39, 0.29) is 24.4 Å². The molecule has 7 heteroatoms. The van der Waals surface area contributed by atoms with Crippen LogP contribution in [0.25, 0.3) is 0 Å². The molecule has 0 unspecified atom stereocenters. The molecule has 1 aromatic rings. The molecule has 1 saturated heterocycles. The zero-order valence-corrected chi connectivity index (χ0v) is 16.4. The van der Waals surface area contributed by atoms with Gasteiger partial charge in [0.1, 0.15) is 5.75 Å². The van der Waals surface area contributed by atoms with Gasteiger partial charge in [0.25, 0.3) is 0 Å². The van der Waals surface area contributed by atoms with Crippen LogP contribution >= 0.6 is 24.2 Å². The summed E-state index contributed by atoms with van der Waals surface area (Å²) < 4.78 is 11.2. The standard InChI is InChI=1S/C18H28N2O3S.ClH/c1-2-22-15-4-6-17(7-5-15)24-14-18(21)20-11-8-16(9-12-20)23-13-3-10-19;/h4-7,16H,2-3,8-14,19H2,1H3;1H. The topological polar surface area (TPSA) is 64.8 Å². The number of hydrogen-bond donors (Lipinski definition) is 1. The average molecular weight is 389 g/mol. The number of benzene rings is 1. The molecule has 0 atom stereocenters. The Bertz CT molecular complexity index is 494. The minimum atomic E-state index is 0. The van der Waals surface area contributed by atoms with E-state index in [0.717, 1.165) is 49.6 Å². The fraction of sp³-hybridized carbons (Fsp3) is 0.611. The van der Waals surface area contributed by atoms with Crippen molar-refractivity contribution >= 4 is 30.1 Å². The number of carbonyl (C=O) groups is 1. The van der Waals surface area contributed by atoms with E-state index in [1.807, 2.05) is 36.1 Å². The number of likely N-dealkylation sites (tertiary alicyclic amines) is 1. The quantitative estimate of drug-likeness (QED) is 0.520. The average Bonchev–Trinajstić information content (AvgIpc) is 2.62. The number of carbonyl (C=O) groups excluding carboxylic acids is 1. The van der Waals surface area contributed by atoms with Gasteiger partial charge in [-0.1, -0.05) is 0 Å². The van der Waals surface area contributed by atoms with Crippen molar-refractivity contribution in [1.82, 2.24) is 4.90 Å². The van der Waals surface area contributed by atoms with Crippen LogP contribution in [-0.4, -0.2) is 55.5 Å². The molecule has 2 N–H and O–H groups in total. The Hall–Kier alpha value is -0.950. The van der Waals surface area contributed by atoms with Crippen LogP contribution in [0, 0.1) is 0 Å². The molecule has 5 nitrogen and oxygen atoms in total. The molecule has 2 rings (SSSR count). The fourth-order valence-electron chi connectivity index (χ4n) is 2.64. The molecule has 1 aromatic carbocycles. The number of amides is 1. The summed E-state index contributed by atoms with van der Waals surface area (Å²) in [7, 11) is 0. The summed E-state index contributed by atoms with van der Waals surface area (Å²) in [6.45, 7) is 5.60. The fourth-order valence-corrected chi connectivity index (χ4v) is 3.44. The Morgan fingerprint density at radius 2 is 1.96 bits per heavy atom. The monoisotopic (exact) mass is 388 g/mol. The Morgan fingerprint density at radius 1 is 1.28 bits per heavy atom. The van der Waals surface area contributed by atoms with Crippen LogP contribution in [0.5, 0.6) is 5.75 Å². The first kappa shape index (κ1) is 22.1. The van der Waals surface area contributed by atoms with E-state index in [1.54, 1.807) is 11.8 Å². The van der Waals surface area contributed by atoms with Crippen molar-refractivity contribution in [3.8, 4) is 5.75 Å². The SMILES string of the molecule is CCOc1ccc(SCC(=O)N2CCC(OCCCN)CC2)cc1.Cl. The Balaban J connectivity index is 0.00000312. The van der Waals surface area contributed by atoms with Crippen LogP contribution in [0.2, 0.25) is 0 Å². The second-order valence-corrected chi connectivity index (χ2v) is 6.84. The highest BCUT2D eigenvalue weighted by Gasteiger charge is 2.22. The molecule has 0 aliphatic carbocycles. The molecule has 0 spiro atoms. The number of rotatable bonds is 9. The largest absolute Gasteiger partial charge is 0.494 e. The third kappa shape index (κ3) is 7.86. The summed E-state index contributed by atoms with van der Waals surface area (Å²) in [5, 5.41) is 0. The smallest absolute Gasteiger partial charge is 0.232 e. The van der Waals surface area contributed by atoms with Gasteiger partial charge in [0, 0.05) is 24.6 Å². The molecule has 0 bridgehead atoms. The summed E-state index contributed by atoms with van der Waals surface area (Å²) in [5.41, 5.74) is 5.47. The zero-order chi connectivity index (χ0) is 17.2. The maximum atomic E-state index is 12.3. The highest BCUT2D eigenvalue weighted by atomic mass is 35.5. The Kier molecular flexibility index (Phi) is 11.0. The molecule has 25 heavy (non-hydrogen) atoms. The van der Waals surface area contributed by atoms with Gasteiger partial charge in [-0.25, -0.2) is 0 Å². The third-order valence-corrected chi connectivity index (χ3v) is 4.99. The lowest BCUT2D eigenvalue weighted by atomic mass is 10.1.